The molecule has 0 radical (unpaired) electrons. The first-order chi connectivity index (χ1) is 12.8. The highest BCUT2D eigenvalue weighted by molar-refractivity contribution is 14.0. The normalized spacial score (nSPS) is 14.6. The maximum atomic E-state index is 6.16. The van der Waals surface area contributed by atoms with Gasteiger partial charge in [0.2, 0.25) is 0 Å². The first kappa shape index (κ1) is 21.5. The summed E-state index contributed by atoms with van der Waals surface area (Å²) >= 11 is 0. The van der Waals surface area contributed by atoms with Crippen molar-refractivity contribution >= 4 is 35.6 Å². The van der Waals surface area contributed by atoms with Crippen LogP contribution in [-0.4, -0.2) is 19.2 Å². The van der Waals surface area contributed by atoms with Crippen LogP contribution in [-0.2, 0) is 17.9 Å². The average molecular weight is 481 g/mol. The van der Waals surface area contributed by atoms with Gasteiger partial charge in [0, 0.05) is 23.9 Å². The Balaban J connectivity index is 0.00000261. The second kappa shape index (κ2) is 11.1. The van der Waals surface area contributed by atoms with Crippen LogP contribution in [0, 0.1) is 0 Å². The zero-order valence-corrected chi connectivity index (χ0v) is 18.0. The molecule has 0 unspecified atom stereocenters. The number of methoxy groups -OCH3 is 1. The van der Waals surface area contributed by atoms with Crippen molar-refractivity contribution in [1.29, 1.82) is 0 Å². The number of para-hydroxylation sites is 2. The molecule has 0 saturated heterocycles. The van der Waals surface area contributed by atoms with E-state index in [0.717, 1.165) is 35.4 Å². The fourth-order valence-corrected chi connectivity index (χ4v) is 3.21. The highest BCUT2D eigenvalue weighted by Gasteiger charge is 2.17. The van der Waals surface area contributed by atoms with Crippen LogP contribution >= 0.6 is 24.0 Å². The lowest BCUT2D eigenvalue weighted by atomic mass is 10.2. The van der Waals surface area contributed by atoms with Gasteiger partial charge in [0.25, 0.3) is 0 Å². The van der Waals surface area contributed by atoms with Gasteiger partial charge in [-0.1, -0.05) is 36.4 Å². The van der Waals surface area contributed by atoms with Crippen molar-refractivity contribution in [3.63, 3.8) is 0 Å². The van der Waals surface area contributed by atoms with Gasteiger partial charge in [-0.3, -0.25) is 0 Å². The lowest BCUT2D eigenvalue weighted by molar-refractivity contribution is 0.185. The van der Waals surface area contributed by atoms with Crippen LogP contribution in [0.2, 0.25) is 0 Å². The number of anilines is 1. The molecule has 0 bridgehead atoms. The molecule has 0 aromatic heterocycles. The van der Waals surface area contributed by atoms with E-state index < -0.39 is 0 Å². The minimum Gasteiger partial charge on any atom is -0.490 e. The lowest BCUT2D eigenvalue weighted by Crippen LogP contribution is -2.23. The molecule has 5 nitrogen and oxygen atoms in total. The topological polar surface area (TPSA) is 68.9 Å². The van der Waals surface area contributed by atoms with E-state index in [4.69, 9.17) is 15.2 Å². The van der Waals surface area contributed by atoms with Gasteiger partial charge in [0.15, 0.2) is 5.96 Å². The maximum absolute atomic E-state index is 6.16. The quantitative estimate of drug-likeness (QED) is 0.342. The number of aliphatic imine (C=N–C) groups is 1. The number of halogens is 1. The van der Waals surface area contributed by atoms with Crippen molar-refractivity contribution in [2.45, 2.75) is 44.9 Å². The lowest BCUT2D eigenvalue weighted by Gasteiger charge is -2.16. The molecule has 0 amide bonds. The summed E-state index contributed by atoms with van der Waals surface area (Å²) in [6, 6.07) is 16.0. The summed E-state index contributed by atoms with van der Waals surface area (Å²) in [6.45, 7) is 1.00. The van der Waals surface area contributed by atoms with Crippen LogP contribution < -0.4 is 15.8 Å². The van der Waals surface area contributed by atoms with E-state index in [1.165, 1.54) is 12.8 Å². The third-order valence-corrected chi connectivity index (χ3v) is 4.57. The van der Waals surface area contributed by atoms with E-state index in [9.17, 15) is 0 Å². The Kier molecular flexibility index (Phi) is 8.87. The summed E-state index contributed by atoms with van der Waals surface area (Å²) in [5, 5.41) is 3.17. The van der Waals surface area contributed by atoms with Crippen molar-refractivity contribution in [1.82, 2.24) is 0 Å². The smallest absolute Gasteiger partial charge is 0.193 e. The Morgan fingerprint density at radius 3 is 2.48 bits per heavy atom. The molecule has 2 aromatic carbocycles. The Morgan fingerprint density at radius 1 is 1.07 bits per heavy atom. The van der Waals surface area contributed by atoms with Crippen LogP contribution in [0.5, 0.6) is 5.75 Å². The predicted molar refractivity (Wildman–Crippen MR) is 121 cm³/mol. The summed E-state index contributed by atoms with van der Waals surface area (Å²) < 4.78 is 11.4. The Labute approximate surface area is 178 Å². The van der Waals surface area contributed by atoms with Gasteiger partial charge in [0.05, 0.1) is 19.3 Å². The van der Waals surface area contributed by atoms with E-state index in [1.807, 2.05) is 48.5 Å². The molecule has 3 N–H and O–H groups in total. The van der Waals surface area contributed by atoms with Gasteiger partial charge in [0.1, 0.15) is 5.75 Å². The number of rotatable bonds is 7. The van der Waals surface area contributed by atoms with E-state index >= 15 is 0 Å². The van der Waals surface area contributed by atoms with E-state index in [1.54, 1.807) is 7.11 Å². The largest absolute Gasteiger partial charge is 0.490 e. The highest BCUT2D eigenvalue weighted by atomic mass is 127. The molecule has 6 heteroatoms. The van der Waals surface area contributed by atoms with Crippen molar-refractivity contribution < 1.29 is 9.47 Å². The Bertz CT molecular complexity index is 746. The molecule has 1 aliphatic rings. The average Bonchev–Trinajstić information content (AvgIpc) is 3.16. The van der Waals surface area contributed by atoms with Crippen LogP contribution in [0.15, 0.2) is 53.5 Å². The maximum Gasteiger partial charge on any atom is 0.193 e. The predicted octanol–water partition coefficient (Wildman–Crippen LogP) is 4.70. The molecule has 0 aliphatic heterocycles. The molecular formula is C21H28IN3O2. The molecule has 0 atom stereocenters. The monoisotopic (exact) mass is 481 g/mol. The summed E-state index contributed by atoms with van der Waals surface area (Å²) in [6.07, 6.45) is 5.11. The first-order valence-corrected chi connectivity index (χ1v) is 9.14. The third-order valence-electron chi connectivity index (χ3n) is 4.57. The summed E-state index contributed by atoms with van der Waals surface area (Å²) in [5.41, 5.74) is 9.09. The minimum absolute atomic E-state index is 0. The second-order valence-corrected chi connectivity index (χ2v) is 6.55. The SMILES string of the molecule is COCc1ccccc1NC(N)=NCc1ccccc1OC1CCCC1.I. The van der Waals surface area contributed by atoms with Crippen molar-refractivity contribution in [3.8, 4) is 5.75 Å². The van der Waals surface area contributed by atoms with Crippen LogP contribution in [0.3, 0.4) is 0 Å². The van der Waals surface area contributed by atoms with Gasteiger partial charge in [-0.15, -0.1) is 24.0 Å². The fraction of sp³-hybridized carbons (Fsp3) is 0.381. The molecular weight excluding hydrogens is 453 g/mol. The van der Waals surface area contributed by atoms with Crippen LogP contribution in [0.1, 0.15) is 36.8 Å². The fourth-order valence-electron chi connectivity index (χ4n) is 3.21. The van der Waals surface area contributed by atoms with Gasteiger partial charge in [-0.25, -0.2) is 4.99 Å². The standard InChI is InChI=1S/C21H27N3O2.HI/c1-25-15-17-9-2-6-12-19(17)24-21(22)23-14-16-8-3-7-13-20(16)26-18-10-4-5-11-18;/h2-3,6-9,12-13,18H,4-5,10-11,14-15H2,1H3,(H3,22,23,24);1H. The number of hydrogen-bond acceptors (Lipinski definition) is 3. The number of benzene rings is 2. The number of nitrogens with zero attached hydrogens (tertiary/aromatic N) is 1. The first-order valence-electron chi connectivity index (χ1n) is 9.14. The Hall–Kier alpha value is -1.80. The molecule has 2 aromatic rings. The molecule has 3 rings (SSSR count). The highest BCUT2D eigenvalue weighted by Crippen LogP contribution is 2.27. The zero-order chi connectivity index (χ0) is 18.2. The van der Waals surface area contributed by atoms with Gasteiger partial charge >= 0.3 is 0 Å². The Morgan fingerprint density at radius 2 is 1.74 bits per heavy atom. The zero-order valence-electron chi connectivity index (χ0n) is 15.7. The van der Waals surface area contributed by atoms with Crippen LogP contribution in [0.25, 0.3) is 0 Å². The molecule has 0 spiro atoms. The number of ether oxygens (including phenoxy) is 2. The molecule has 27 heavy (non-hydrogen) atoms. The molecule has 1 fully saturated rings. The number of nitrogens with two attached hydrogens (primary N) is 1. The van der Waals surface area contributed by atoms with Crippen molar-refractivity contribution in [2.24, 2.45) is 10.7 Å². The second-order valence-electron chi connectivity index (χ2n) is 6.55. The van der Waals surface area contributed by atoms with Gasteiger partial charge < -0.3 is 20.5 Å². The molecule has 1 saturated carbocycles. The van der Waals surface area contributed by atoms with Crippen molar-refractivity contribution in [2.75, 3.05) is 12.4 Å². The molecule has 146 valence electrons. The van der Waals surface area contributed by atoms with Gasteiger partial charge in [-0.2, -0.15) is 0 Å². The van der Waals surface area contributed by atoms with E-state index in [2.05, 4.69) is 10.3 Å². The van der Waals surface area contributed by atoms with E-state index in [-0.39, 0.29) is 24.0 Å². The summed E-state index contributed by atoms with van der Waals surface area (Å²) in [4.78, 5) is 4.49. The minimum atomic E-state index is 0. The summed E-state index contributed by atoms with van der Waals surface area (Å²) in [5.74, 6) is 1.29. The third kappa shape index (κ3) is 6.39. The van der Waals surface area contributed by atoms with Gasteiger partial charge in [-0.05, 0) is 37.8 Å². The summed E-state index contributed by atoms with van der Waals surface area (Å²) in [7, 11) is 1.68. The number of nitrogens with one attached hydrogen (secondary N) is 1. The van der Waals surface area contributed by atoms with Crippen molar-refractivity contribution in [3.05, 3.63) is 59.7 Å². The number of hydrogen-bond donors (Lipinski definition) is 2. The molecule has 1 aliphatic carbocycles. The van der Waals surface area contributed by atoms with E-state index in [0.29, 0.717) is 25.2 Å². The number of guanidine groups is 1. The molecule has 0 heterocycles. The van der Waals surface area contributed by atoms with Crippen LogP contribution in [0.4, 0.5) is 5.69 Å².